The van der Waals surface area contributed by atoms with Gasteiger partial charge in [0.1, 0.15) is 11.6 Å². The number of halogens is 2. The zero-order valence-electron chi connectivity index (χ0n) is 11.8. The highest BCUT2D eigenvalue weighted by Gasteiger charge is 2.43. The van der Waals surface area contributed by atoms with Crippen molar-refractivity contribution in [3.8, 4) is 6.19 Å². The summed E-state index contributed by atoms with van der Waals surface area (Å²) in [5, 5.41) is 23.3. The third-order valence-electron chi connectivity index (χ3n) is 3.40. The monoisotopic (exact) mass is 313 g/mol. The molecule has 1 heterocycles. The van der Waals surface area contributed by atoms with E-state index in [1.54, 1.807) is 0 Å². The van der Waals surface area contributed by atoms with Crippen molar-refractivity contribution in [1.29, 1.82) is 5.26 Å². The first kappa shape index (κ1) is 15.0. The van der Waals surface area contributed by atoms with Gasteiger partial charge in [-0.25, -0.2) is 8.78 Å². The van der Waals surface area contributed by atoms with E-state index in [1.165, 1.54) is 48.5 Å². The van der Waals surface area contributed by atoms with Crippen molar-refractivity contribution in [2.75, 3.05) is 6.73 Å². The molecule has 0 aromatic heterocycles. The molecule has 1 aliphatic heterocycles. The summed E-state index contributed by atoms with van der Waals surface area (Å²) in [4.78, 5) is 4.29. The molecule has 114 valence electrons. The van der Waals surface area contributed by atoms with Crippen LogP contribution in [0, 0.1) is 23.1 Å². The summed E-state index contributed by atoms with van der Waals surface area (Å²) >= 11 is 0. The van der Waals surface area contributed by atoms with Crippen LogP contribution in [-0.2, 0) is 0 Å². The van der Waals surface area contributed by atoms with Gasteiger partial charge < -0.3 is 5.11 Å². The number of aliphatic hydroxyl groups is 1. The SMILES string of the molecule is N#C[N+]1(CO)N=C(c2ccc(F)cc2)N=C1c1ccc(F)cc1. The molecule has 1 unspecified atom stereocenters. The molecule has 0 amide bonds. The van der Waals surface area contributed by atoms with Crippen LogP contribution < -0.4 is 0 Å². The minimum absolute atomic E-state index is 0.175. The Kier molecular flexibility index (Phi) is 3.70. The Morgan fingerprint density at radius 3 is 1.96 bits per heavy atom. The normalized spacial score (nSPS) is 19.9. The van der Waals surface area contributed by atoms with Crippen molar-refractivity contribution in [3.63, 3.8) is 0 Å². The summed E-state index contributed by atoms with van der Waals surface area (Å²) < 4.78 is 25.3. The molecule has 0 aliphatic carbocycles. The minimum atomic E-state index is -0.793. The number of aliphatic imine (C=N–C) groups is 1. The first-order valence-corrected chi connectivity index (χ1v) is 6.69. The van der Waals surface area contributed by atoms with Gasteiger partial charge in [-0.05, 0) is 58.2 Å². The summed E-state index contributed by atoms with van der Waals surface area (Å²) in [5.74, 6) is -0.460. The molecule has 1 aliphatic rings. The van der Waals surface area contributed by atoms with Gasteiger partial charge in [-0.15, -0.1) is 5.26 Å². The average molecular weight is 313 g/mol. The number of nitrogens with zero attached hydrogens (tertiary/aromatic N) is 4. The topological polar surface area (TPSA) is 68.7 Å². The van der Waals surface area contributed by atoms with Crippen LogP contribution in [0.2, 0.25) is 0 Å². The summed E-state index contributed by atoms with van der Waals surface area (Å²) in [7, 11) is 0. The van der Waals surface area contributed by atoms with Gasteiger partial charge in [0.25, 0.3) is 5.84 Å². The zero-order valence-corrected chi connectivity index (χ0v) is 11.8. The molecule has 1 atom stereocenters. The van der Waals surface area contributed by atoms with Gasteiger partial charge >= 0.3 is 6.19 Å². The summed E-state index contributed by atoms with van der Waals surface area (Å²) in [6.07, 6.45) is 1.90. The molecule has 0 radical (unpaired) electrons. The fourth-order valence-electron chi connectivity index (χ4n) is 2.21. The van der Waals surface area contributed by atoms with Gasteiger partial charge in [-0.1, -0.05) is 0 Å². The highest BCUT2D eigenvalue weighted by molar-refractivity contribution is 6.11. The highest BCUT2D eigenvalue weighted by Crippen LogP contribution is 2.24. The van der Waals surface area contributed by atoms with Gasteiger partial charge in [0.15, 0.2) is 0 Å². The summed E-state index contributed by atoms with van der Waals surface area (Å²) in [6.45, 7) is -0.628. The van der Waals surface area contributed by atoms with E-state index < -0.39 is 23.0 Å². The Labute approximate surface area is 130 Å². The lowest BCUT2D eigenvalue weighted by molar-refractivity contribution is -0.800. The van der Waals surface area contributed by atoms with Gasteiger partial charge in [-0.2, -0.15) is 4.99 Å². The van der Waals surface area contributed by atoms with Crippen LogP contribution in [0.25, 0.3) is 0 Å². The molecule has 2 aromatic carbocycles. The zero-order chi connectivity index (χ0) is 16.4. The predicted molar refractivity (Wildman–Crippen MR) is 78.8 cm³/mol. The van der Waals surface area contributed by atoms with E-state index in [1.807, 2.05) is 6.19 Å². The first-order chi connectivity index (χ1) is 11.1. The van der Waals surface area contributed by atoms with Crippen molar-refractivity contribution >= 4 is 11.7 Å². The lowest BCUT2D eigenvalue weighted by Crippen LogP contribution is -2.43. The van der Waals surface area contributed by atoms with E-state index in [-0.39, 0.29) is 11.7 Å². The van der Waals surface area contributed by atoms with E-state index in [2.05, 4.69) is 10.1 Å². The number of quaternary nitrogens is 1. The molecule has 7 heteroatoms. The lowest BCUT2D eigenvalue weighted by Gasteiger charge is -2.16. The maximum absolute atomic E-state index is 13.1. The third-order valence-corrected chi connectivity index (χ3v) is 3.40. The summed E-state index contributed by atoms with van der Waals surface area (Å²) in [5.41, 5.74) is 0.970. The van der Waals surface area contributed by atoms with Gasteiger partial charge in [0.05, 0.1) is 5.56 Å². The molecule has 0 saturated carbocycles. The van der Waals surface area contributed by atoms with Crippen LogP contribution in [-0.4, -0.2) is 28.1 Å². The van der Waals surface area contributed by atoms with Crippen LogP contribution in [0.3, 0.4) is 0 Å². The number of benzene rings is 2. The number of hydrogen-bond donors (Lipinski definition) is 1. The van der Waals surface area contributed by atoms with Crippen LogP contribution in [0.1, 0.15) is 11.1 Å². The molecule has 2 aromatic rings. The Bertz CT molecular complexity index is 838. The molecule has 0 spiro atoms. The Hall–Kier alpha value is -2.95. The van der Waals surface area contributed by atoms with Crippen molar-refractivity contribution in [2.24, 2.45) is 10.1 Å². The van der Waals surface area contributed by atoms with Crippen molar-refractivity contribution in [2.45, 2.75) is 0 Å². The first-order valence-electron chi connectivity index (χ1n) is 6.69. The van der Waals surface area contributed by atoms with Gasteiger partial charge in [0, 0.05) is 5.56 Å². The third kappa shape index (κ3) is 2.61. The molecule has 1 N–H and O–H groups in total. The second-order valence-electron chi connectivity index (χ2n) is 4.88. The fourth-order valence-corrected chi connectivity index (χ4v) is 2.21. The smallest absolute Gasteiger partial charge is 0.344 e. The second-order valence-corrected chi connectivity index (χ2v) is 4.88. The maximum atomic E-state index is 13.1. The van der Waals surface area contributed by atoms with Crippen LogP contribution >= 0.6 is 0 Å². The molecule has 3 rings (SSSR count). The van der Waals surface area contributed by atoms with Gasteiger partial charge in [-0.3, -0.25) is 0 Å². The van der Waals surface area contributed by atoms with Crippen LogP contribution in [0.15, 0.2) is 58.6 Å². The molecule has 0 fully saturated rings. The number of rotatable bonds is 3. The highest BCUT2D eigenvalue weighted by atomic mass is 19.1. The van der Waals surface area contributed by atoms with E-state index >= 15 is 0 Å². The number of aliphatic hydroxyl groups excluding tert-OH is 1. The molecule has 0 saturated heterocycles. The number of amidine groups is 2. The second kappa shape index (κ2) is 5.68. The van der Waals surface area contributed by atoms with Crippen LogP contribution in [0.5, 0.6) is 0 Å². The number of hydrogen-bond acceptors (Lipinski definition) is 4. The summed E-state index contributed by atoms with van der Waals surface area (Å²) in [6, 6.07) is 10.8. The Morgan fingerprint density at radius 1 is 0.957 bits per heavy atom. The largest absolute Gasteiger partial charge is 0.347 e. The van der Waals surface area contributed by atoms with E-state index in [4.69, 9.17) is 0 Å². The number of nitriles is 1. The molecule has 0 bridgehead atoms. The van der Waals surface area contributed by atoms with Crippen molar-refractivity contribution in [3.05, 3.63) is 71.3 Å². The van der Waals surface area contributed by atoms with Crippen molar-refractivity contribution < 1.29 is 18.5 Å². The van der Waals surface area contributed by atoms with Crippen LogP contribution in [0.4, 0.5) is 8.78 Å². The Balaban J connectivity index is 2.10. The minimum Gasteiger partial charge on any atom is -0.344 e. The Morgan fingerprint density at radius 2 is 1.48 bits per heavy atom. The fraction of sp³-hybridized carbons (Fsp3) is 0.0625. The van der Waals surface area contributed by atoms with E-state index in [9.17, 15) is 19.1 Å². The standard InChI is InChI=1S/C16H11F2N4O/c17-13-5-1-11(2-6-13)15-20-16(22(9-19,10-23)21-15)12-3-7-14(18)8-4-12/h1-8,23H,10H2/q+1. The quantitative estimate of drug-likeness (QED) is 0.698. The molecular weight excluding hydrogens is 302 g/mol. The lowest BCUT2D eigenvalue weighted by atomic mass is 10.2. The van der Waals surface area contributed by atoms with Gasteiger partial charge in [0.2, 0.25) is 12.6 Å². The van der Waals surface area contributed by atoms with Crippen molar-refractivity contribution in [1.82, 2.24) is 0 Å². The molecule has 5 nitrogen and oxygen atoms in total. The van der Waals surface area contributed by atoms with E-state index in [0.29, 0.717) is 11.1 Å². The average Bonchev–Trinajstić information content (AvgIpc) is 2.96. The maximum Gasteiger partial charge on any atom is 0.347 e. The van der Waals surface area contributed by atoms with E-state index in [0.717, 1.165) is 0 Å². The predicted octanol–water partition coefficient (Wildman–Crippen LogP) is 2.33. The molecular formula is C16H11F2N4O+. The molecule has 23 heavy (non-hydrogen) atoms.